The Labute approximate surface area is 111 Å². The fraction of sp³-hybridized carbons (Fsp3) is 0.429. The van der Waals surface area contributed by atoms with Gasteiger partial charge in [0.1, 0.15) is 5.65 Å². The van der Waals surface area contributed by atoms with Crippen molar-refractivity contribution in [1.29, 1.82) is 0 Å². The van der Waals surface area contributed by atoms with Gasteiger partial charge in [0.25, 0.3) is 0 Å². The minimum atomic E-state index is -0.133. The topological polar surface area (TPSA) is 75.0 Å². The van der Waals surface area contributed by atoms with E-state index >= 15 is 0 Å². The normalized spacial score (nSPS) is 16.5. The summed E-state index contributed by atoms with van der Waals surface area (Å²) in [6.07, 6.45) is 6.02. The van der Waals surface area contributed by atoms with Crippen LogP contribution in [0.4, 0.5) is 0 Å². The lowest BCUT2D eigenvalue weighted by Crippen LogP contribution is -2.40. The van der Waals surface area contributed by atoms with E-state index in [-0.39, 0.29) is 11.4 Å². The second-order valence-electron chi connectivity index (χ2n) is 5.50. The molecule has 1 saturated carbocycles. The highest BCUT2D eigenvalue weighted by atomic mass is 16.2. The predicted molar refractivity (Wildman–Crippen MR) is 73.6 cm³/mol. The van der Waals surface area contributed by atoms with Crippen LogP contribution in [0.15, 0.2) is 24.5 Å². The number of H-pyrrole nitrogens is 1. The highest BCUT2D eigenvalue weighted by molar-refractivity contribution is 5.87. The van der Waals surface area contributed by atoms with Crippen LogP contribution in [0, 0.1) is 0 Å². The molecule has 0 bridgehead atoms. The molecule has 3 rings (SSSR count). The number of pyridine rings is 1. The molecular weight excluding hydrogens is 240 g/mol. The van der Waals surface area contributed by atoms with Crippen molar-refractivity contribution in [3.05, 3.63) is 30.1 Å². The lowest BCUT2D eigenvalue weighted by atomic mass is 10.1. The number of carbonyl (C=O) groups excluding carboxylic acids is 1. The summed E-state index contributed by atoms with van der Waals surface area (Å²) < 4.78 is 0. The van der Waals surface area contributed by atoms with Gasteiger partial charge in [-0.15, -0.1) is 0 Å². The largest absolute Gasteiger partial charge is 0.346 e. The average molecular weight is 258 g/mol. The van der Waals surface area contributed by atoms with Gasteiger partial charge in [-0.2, -0.15) is 0 Å². The molecule has 0 radical (unpaired) electrons. The standard InChI is InChI=1S/C14H18N4O/c1-18(9-14(15)4-5-14)12(19)7-10-8-17-13-11(10)3-2-6-16-13/h2-3,6,8H,4-5,7,9,15H2,1H3,(H,16,17). The quantitative estimate of drug-likeness (QED) is 0.861. The number of nitrogens with one attached hydrogen (secondary N) is 1. The number of aromatic nitrogens is 2. The molecule has 1 fully saturated rings. The van der Waals surface area contributed by atoms with Crippen molar-refractivity contribution in [2.75, 3.05) is 13.6 Å². The molecular formula is C14H18N4O. The number of hydrogen-bond acceptors (Lipinski definition) is 3. The highest BCUT2D eigenvalue weighted by Gasteiger charge is 2.39. The smallest absolute Gasteiger partial charge is 0.226 e. The lowest BCUT2D eigenvalue weighted by molar-refractivity contribution is -0.129. The van der Waals surface area contributed by atoms with Crippen LogP contribution in [-0.4, -0.2) is 39.9 Å². The van der Waals surface area contributed by atoms with Crippen LogP contribution in [0.25, 0.3) is 11.0 Å². The molecule has 2 aromatic heterocycles. The maximum atomic E-state index is 12.2. The number of nitrogens with zero attached hydrogens (tertiary/aromatic N) is 2. The van der Waals surface area contributed by atoms with Crippen LogP contribution < -0.4 is 5.73 Å². The summed E-state index contributed by atoms with van der Waals surface area (Å²) in [5, 5.41) is 1.01. The third kappa shape index (κ3) is 2.46. The Kier molecular flexibility index (Phi) is 2.78. The van der Waals surface area contributed by atoms with E-state index < -0.39 is 0 Å². The lowest BCUT2D eigenvalue weighted by Gasteiger charge is -2.20. The zero-order valence-corrected chi connectivity index (χ0v) is 11.0. The molecule has 100 valence electrons. The summed E-state index contributed by atoms with van der Waals surface area (Å²) in [5.41, 5.74) is 7.72. The first kappa shape index (κ1) is 12.2. The van der Waals surface area contributed by atoms with Crippen molar-refractivity contribution in [2.24, 2.45) is 5.73 Å². The maximum Gasteiger partial charge on any atom is 0.226 e. The zero-order chi connectivity index (χ0) is 13.5. The van der Waals surface area contributed by atoms with Gasteiger partial charge < -0.3 is 15.6 Å². The molecule has 2 aromatic rings. The molecule has 3 N–H and O–H groups in total. The van der Waals surface area contributed by atoms with Crippen LogP contribution in [0.1, 0.15) is 18.4 Å². The number of rotatable bonds is 4. The molecule has 2 heterocycles. The van der Waals surface area contributed by atoms with Crippen LogP contribution in [-0.2, 0) is 11.2 Å². The van der Waals surface area contributed by atoms with E-state index in [1.165, 1.54) is 0 Å². The summed E-state index contributed by atoms with van der Waals surface area (Å²) in [5.74, 6) is 0.0986. The van der Waals surface area contributed by atoms with Crippen molar-refractivity contribution in [3.63, 3.8) is 0 Å². The number of nitrogens with two attached hydrogens (primary N) is 1. The first-order valence-electron chi connectivity index (χ1n) is 6.51. The average Bonchev–Trinajstić information content (AvgIpc) is 2.98. The molecule has 0 spiro atoms. The molecule has 5 heteroatoms. The van der Waals surface area contributed by atoms with Crippen molar-refractivity contribution >= 4 is 16.9 Å². The Morgan fingerprint density at radius 2 is 2.37 bits per heavy atom. The van der Waals surface area contributed by atoms with Crippen LogP contribution in [0.3, 0.4) is 0 Å². The monoisotopic (exact) mass is 258 g/mol. The predicted octanol–water partition coefficient (Wildman–Crippen LogP) is 1.06. The van der Waals surface area contributed by atoms with Crippen LogP contribution in [0.2, 0.25) is 0 Å². The Morgan fingerprint density at radius 3 is 3.11 bits per heavy atom. The van der Waals surface area contributed by atoms with E-state index in [1.807, 2.05) is 25.4 Å². The molecule has 1 amide bonds. The van der Waals surface area contributed by atoms with Gasteiger partial charge in [-0.1, -0.05) is 0 Å². The Hall–Kier alpha value is -1.88. The van der Waals surface area contributed by atoms with Gasteiger partial charge in [-0.3, -0.25) is 4.79 Å². The summed E-state index contributed by atoms with van der Waals surface area (Å²) in [7, 11) is 1.82. The number of hydrogen-bond donors (Lipinski definition) is 2. The molecule has 0 unspecified atom stereocenters. The molecule has 0 aromatic carbocycles. The summed E-state index contributed by atoms with van der Waals surface area (Å²) in [6, 6.07) is 3.86. The third-order valence-corrected chi connectivity index (χ3v) is 3.75. The van der Waals surface area contributed by atoms with E-state index in [9.17, 15) is 4.79 Å². The maximum absolute atomic E-state index is 12.2. The Morgan fingerprint density at radius 1 is 1.58 bits per heavy atom. The van der Waals surface area contributed by atoms with Gasteiger partial charge in [-0.25, -0.2) is 4.98 Å². The van der Waals surface area contributed by atoms with Gasteiger partial charge in [0.05, 0.1) is 6.42 Å². The number of amides is 1. The van der Waals surface area contributed by atoms with Gasteiger partial charge in [0, 0.05) is 36.9 Å². The number of likely N-dealkylation sites (N-methyl/N-ethyl adjacent to an activating group) is 1. The second-order valence-corrected chi connectivity index (χ2v) is 5.50. The minimum Gasteiger partial charge on any atom is -0.346 e. The van der Waals surface area contributed by atoms with Crippen LogP contribution in [0.5, 0.6) is 0 Å². The fourth-order valence-electron chi connectivity index (χ4n) is 2.34. The number of fused-ring (bicyclic) bond motifs is 1. The SMILES string of the molecule is CN(CC1(N)CC1)C(=O)Cc1c[nH]c2ncccc12. The van der Waals surface area contributed by atoms with Gasteiger partial charge in [-0.05, 0) is 30.5 Å². The van der Waals surface area contributed by atoms with E-state index in [4.69, 9.17) is 5.73 Å². The minimum absolute atomic E-state index is 0.0986. The van der Waals surface area contributed by atoms with Gasteiger partial charge in [0.15, 0.2) is 0 Å². The van der Waals surface area contributed by atoms with Crippen molar-refractivity contribution in [1.82, 2.24) is 14.9 Å². The highest BCUT2D eigenvalue weighted by Crippen LogP contribution is 2.32. The summed E-state index contributed by atoms with van der Waals surface area (Å²) in [6.45, 7) is 0.645. The first-order chi connectivity index (χ1) is 9.07. The van der Waals surface area contributed by atoms with E-state index in [0.717, 1.165) is 29.4 Å². The van der Waals surface area contributed by atoms with Crippen molar-refractivity contribution in [3.8, 4) is 0 Å². The van der Waals surface area contributed by atoms with Gasteiger partial charge >= 0.3 is 0 Å². The van der Waals surface area contributed by atoms with Crippen LogP contribution >= 0.6 is 0 Å². The third-order valence-electron chi connectivity index (χ3n) is 3.75. The molecule has 1 aliphatic carbocycles. The van der Waals surface area contributed by atoms with Crippen molar-refractivity contribution in [2.45, 2.75) is 24.8 Å². The number of aromatic amines is 1. The summed E-state index contributed by atoms with van der Waals surface area (Å²) >= 11 is 0. The van der Waals surface area contributed by atoms with Gasteiger partial charge in [0.2, 0.25) is 5.91 Å². The Bertz CT molecular complexity index is 615. The second kappa shape index (κ2) is 4.35. The number of carbonyl (C=O) groups is 1. The van der Waals surface area contributed by atoms with E-state index in [0.29, 0.717) is 13.0 Å². The van der Waals surface area contributed by atoms with E-state index in [1.54, 1.807) is 11.1 Å². The molecule has 19 heavy (non-hydrogen) atoms. The molecule has 5 nitrogen and oxygen atoms in total. The summed E-state index contributed by atoms with van der Waals surface area (Å²) in [4.78, 5) is 21.2. The molecule has 1 aliphatic rings. The molecule has 0 saturated heterocycles. The first-order valence-corrected chi connectivity index (χ1v) is 6.51. The molecule has 0 aliphatic heterocycles. The Balaban J connectivity index is 1.72. The van der Waals surface area contributed by atoms with E-state index in [2.05, 4.69) is 9.97 Å². The molecule has 0 atom stereocenters. The zero-order valence-electron chi connectivity index (χ0n) is 11.0. The van der Waals surface area contributed by atoms with Crippen molar-refractivity contribution < 1.29 is 4.79 Å². The fourth-order valence-corrected chi connectivity index (χ4v) is 2.34.